The number of carbonyl (C=O) groups is 1. The Morgan fingerprint density at radius 3 is 2.47 bits per heavy atom. The molecule has 0 radical (unpaired) electrons. The van der Waals surface area contributed by atoms with Gasteiger partial charge in [-0.15, -0.1) is 0 Å². The number of rotatable bonds is 17. The molecule has 4 rings (SSSR count). The quantitative estimate of drug-likeness (QED) is 0.104. The van der Waals surface area contributed by atoms with E-state index in [-0.39, 0.29) is 18.0 Å². The molecule has 4 aromatic rings. The second-order valence-corrected chi connectivity index (χ2v) is 11.8. The van der Waals surface area contributed by atoms with E-state index in [0.717, 1.165) is 60.5 Å². The number of allylic oxidation sites excluding steroid dienone is 1. The molecule has 0 spiro atoms. The lowest BCUT2D eigenvalue weighted by Gasteiger charge is -2.09. The molecule has 226 valence electrons. The zero-order valence-electron chi connectivity index (χ0n) is 24.9. The number of benzene rings is 3. The van der Waals surface area contributed by atoms with E-state index in [1.165, 1.54) is 6.08 Å². The number of nitrogens with zero attached hydrogens (tertiary/aromatic N) is 2. The summed E-state index contributed by atoms with van der Waals surface area (Å²) in [5.74, 6) is 1.17. The minimum atomic E-state index is -1.20. The topological polar surface area (TPSA) is 90.7 Å². The van der Waals surface area contributed by atoms with E-state index < -0.39 is 10.8 Å². The Balaban J connectivity index is 1.31. The summed E-state index contributed by atoms with van der Waals surface area (Å²) in [5, 5.41) is 10.4. The summed E-state index contributed by atoms with van der Waals surface area (Å²) in [6.45, 7) is 6.90. The van der Waals surface area contributed by atoms with Gasteiger partial charge < -0.3 is 19.1 Å². The molecule has 0 aliphatic heterocycles. The standard InChI is InChI=1S/C35H40N2O5S/c1-3-5-19-41-20-21-42-33-13-9-28(10-14-33)29-11-17-35(39)30(23-29)8-12-32(38)22-27-6-15-34(16-7-27)43(40)25-31-24-36-26-37(31)18-4-2/h6-17,23-24,26,39H,3-5,18-22,25H2,1-2H3/b12-8+/t43-/m1/s1. The molecule has 43 heavy (non-hydrogen) atoms. The van der Waals surface area contributed by atoms with E-state index in [9.17, 15) is 14.1 Å². The second-order valence-electron chi connectivity index (χ2n) is 10.3. The van der Waals surface area contributed by atoms with Crippen LogP contribution >= 0.6 is 0 Å². The van der Waals surface area contributed by atoms with Crippen molar-refractivity contribution in [2.45, 2.75) is 56.7 Å². The Morgan fingerprint density at radius 1 is 0.953 bits per heavy atom. The number of hydrogen-bond acceptors (Lipinski definition) is 6. The molecular weight excluding hydrogens is 560 g/mol. The van der Waals surface area contributed by atoms with Crippen LogP contribution in [0.3, 0.4) is 0 Å². The molecule has 0 aliphatic rings. The molecule has 0 bridgehead atoms. The summed E-state index contributed by atoms with van der Waals surface area (Å²) in [6, 6.07) is 20.4. The number of aromatic hydroxyl groups is 1. The van der Waals surface area contributed by atoms with Crippen molar-refractivity contribution in [2.75, 3.05) is 19.8 Å². The van der Waals surface area contributed by atoms with Crippen LogP contribution in [-0.2, 0) is 39.0 Å². The fraction of sp³-hybridized carbons (Fsp3) is 0.314. The predicted molar refractivity (Wildman–Crippen MR) is 172 cm³/mol. The largest absolute Gasteiger partial charge is 0.507 e. The summed E-state index contributed by atoms with van der Waals surface area (Å²) in [4.78, 5) is 17.6. The third kappa shape index (κ3) is 9.76. The summed E-state index contributed by atoms with van der Waals surface area (Å²) < 4.78 is 26.2. The molecule has 1 N–H and O–H groups in total. The van der Waals surface area contributed by atoms with Gasteiger partial charge in [0.1, 0.15) is 18.1 Å². The first-order chi connectivity index (χ1) is 21.0. The van der Waals surface area contributed by atoms with Crippen LogP contribution < -0.4 is 4.74 Å². The first kappa shape index (κ1) is 31.9. The summed E-state index contributed by atoms with van der Waals surface area (Å²) in [5.41, 5.74) is 4.23. The Morgan fingerprint density at radius 2 is 1.72 bits per heavy atom. The first-order valence-corrected chi connectivity index (χ1v) is 16.1. The van der Waals surface area contributed by atoms with E-state index in [1.54, 1.807) is 24.7 Å². The van der Waals surface area contributed by atoms with Crippen LogP contribution in [0.5, 0.6) is 11.5 Å². The second kappa shape index (κ2) is 16.6. The number of aromatic nitrogens is 2. The Labute approximate surface area is 256 Å². The molecule has 0 saturated heterocycles. The van der Waals surface area contributed by atoms with Crippen LogP contribution in [0.2, 0.25) is 0 Å². The third-order valence-electron chi connectivity index (χ3n) is 6.91. The average molecular weight is 601 g/mol. The monoisotopic (exact) mass is 600 g/mol. The molecular formula is C35H40N2O5S. The summed E-state index contributed by atoms with van der Waals surface area (Å²) in [6.07, 6.45) is 10.0. The molecule has 0 saturated carbocycles. The van der Waals surface area contributed by atoms with Crippen LogP contribution in [0.1, 0.15) is 49.9 Å². The van der Waals surface area contributed by atoms with Crippen molar-refractivity contribution >= 4 is 22.7 Å². The maximum absolute atomic E-state index is 12.9. The minimum absolute atomic E-state index is 0.0951. The molecule has 8 heteroatoms. The van der Waals surface area contributed by atoms with E-state index >= 15 is 0 Å². The maximum atomic E-state index is 12.9. The SMILES string of the molecule is CCCCOCCOc1ccc(-c2ccc(O)c(/C=C/C(=O)Cc3ccc([S@](=O)Cc4cncn4CCC)cc3)c2)cc1. The van der Waals surface area contributed by atoms with Crippen molar-refractivity contribution in [2.24, 2.45) is 0 Å². The summed E-state index contributed by atoms with van der Waals surface area (Å²) in [7, 11) is -1.20. The molecule has 1 aromatic heterocycles. The van der Waals surface area contributed by atoms with Crippen LogP contribution in [-0.4, -0.2) is 44.5 Å². The maximum Gasteiger partial charge on any atom is 0.160 e. The number of phenols is 1. The van der Waals surface area contributed by atoms with Gasteiger partial charge in [0.05, 0.1) is 35.2 Å². The van der Waals surface area contributed by atoms with Crippen molar-refractivity contribution < 1.29 is 23.6 Å². The van der Waals surface area contributed by atoms with Gasteiger partial charge in [0.2, 0.25) is 0 Å². The van der Waals surface area contributed by atoms with Crippen molar-refractivity contribution in [1.82, 2.24) is 9.55 Å². The Kier molecular flexibility index (Phi) is 12.3. The van der Waals surface area contributed by atoms with Crippen LogP contribution in [0.4, 0.5) is 0 Å². The van der Waals surface area contributed by atoms with Crippen molar-refractivity contribution in [1.29, 1.82) is 0 Å². The van der Waals surface area contributed by atoms with Crippen molar-refractivity contribution in [3.05, 3.63) is 102 Å². The normalized spacial score (nSPS) is 12.0. The minimum Gasteiger partial charge on any atom is -0.507 e. The lowest BCUT2D eigenvalue weighted by molar-refractivity contribution is -0.113. The van der Waals surface area contributed by atoms with Gasteiger partial charge in [0, 0.05) is 36.2 Å². The third-order valence-corrected chi connectivity index (χ3v) is 8.27. The van der Waals surface area contributed by atoms with Gasteiger partial charge in [-0.3, -0.25) is 9.00 Å². The molecule has 0 aliphatic carbocycles. The van der Waals surface area contributed by atoms with Gasteiger partial charge >= 0.3 is 0 Å². The summed E-state index contributed by atoms with van der Waals surface area (Å²) >= 11 is 0. The molecule has 1 atom stereocenters. The number of aryl methyl sites for hydroxylation is 1. The zero-order chi connectivity index (χ0) is 30.4. The molecule has 0 unspecified atom stereocenters. The highest BCUT2D eigenvalue weighted by atomic mass is 32.2. The highest BCUT2D eigenvalue weighted by Crippen LogP contribution is 2.28. The Hall–Kier alpha value is -4.01. The smallest absolute Gasteiger partial charge is 0.160 e. The van der Waals surface area contributed by atoms with Gasteiger partial charge in [0.15, 0.2) is 5.78 Å². The van der Waals surface area contributed by atoms with Crippen molar-refractivity contribution in [3.8, 4) is 22.6 Å². The lowest BCUT2D eigenvalue weighted by atomic mass is 10.0. The van der Waals surface area contributed by atoms with Gasteiger partial charge in [-0.1, -0.05) is 50.6 Å². The number of hydrogen-bond donors (Lipinski definition) is 1. The van der Waals surface area contributed by atoms with Gasteiger partial charge in [-0.05, 0) is 78.1 Å². The number of imidazole rings is 1. The van der Waals surface area contributed by atoms with Crippen LogP contribution in [0, 0.1) is 0 Å². The van der Waals surface area contributed by atoms with E-state index in [2.05, 4.69) is 18.8 Å². The molecule has 1 heterocycles. The van der Waals surface area contributed by atoms with E-state index in [4.69, 9.17) is 9.47 Å². The number of unbranched alkanes of at least 4 members (excludes halogenated alkanes) is 1. The fourth-order valence-corrected chi connectivity index (χ4v) is 5.62. The van der Waals surface area contributed by atoms with Crippen LogP contribution in [0.25, 0.3) is 17.2 Å². The van der Waals surface area contributed by atoms with Gasteiger partial charge in [0.25, 0.3) is 0 Å². The first-order valence-electron chi connectivity index (χ1n) is 14.8. The fourth-order valence-electron chi connectivity index (χ4n) is 4.51. The van der Waals surface area contributed by atoms with Gasteiger partial charge in [-0.25, -0.2) is 4.98 Å². The highest BCUT2D eigenvalue weighted by Gasteiger charge is 2.10. The zero-order valence-corrected chi connectivity index (χ0v) is 25.7. The average Bonchev–Trinajstić information content (AvgIpc) is 3.45. The molecule has 0 amide bonds. The lowest BCUT2D eigenvalue weighted by Crippen LogP contribution is -2.07. The number of phenolic OH excluding ortho intramolecular Hbond substituents is 1. The van der Waals surface area contributed by atoms with E-state index in [1.807, 2.05) is 65.2 Å². The van der Waals surface area contributed by atoms with Crippen LogP contribution in [0.15, 0.2) is 90.2 Å². The number of carbonyl (C=O) groups excluding carboxylic acids is 1. The highest BCUT2D eigenvalue weighted by molar-refractivity contribution is 7.84. The number of ketones is 1. The van der Waals surface area contributed by atoms with E-state index in [0.29, 0.717) is 29.4 Å². The molecule has 3 aromatic carbocycles. The molecule has 7 nitrogen and oxygen atoms in total. The number of ether oxygens (including phenoxy) is 2. The Bertz CT molecular complexity index is 1510. The van der Waals surface area contributed by atoms with Gasteiger partial charge in [-0.2, -0.15) is 0 Å². The molecule has 0 fully saturated rings. The predicted octanol–water partition coefficient (Wildman–Crippen LogP) is 6.99. The van der Waals surface area contributed by atoms with Crippen molar-refractivity contribution in [3.63, 3.8) is 0 Å².